The van der Waals surface area contributed by atoms with Crippen molar-refractivity contribution in [3.8, 4) is 5.75 Å². The van der Waals surface area contributed by atoms with Gasteiger partial charge in [0.1, 0.15) is 12.2 Å². The van der Waals surface area contributed by atoms with Crippen LogP contribution in [0.2, 0.25) is 0 Å². The fourth-order valence-corrected chi connectivity index (χ4v) is 2.63. The van der Waals surface area contributed by atoms with E-state index >= 15 is 0 Å². The van der Waals surface area contributed by atoms with E-state index < -0.39 is 0 Å². The monoisotopic (exact) mass is 390 g/mol. The third kappa shape index (κ3) is 5.70. The molecule has 0 bridgehead atoms. The van der Waals surface area contributed by atoms with Crippen LogP contribution in [-0.4, -0.2) is 25.5 Å². The summed E-state index contributed by atoms with van der Waals surface area (Å²) in [5.74, 6) is 0.138. The molecule has 0 saturated heterocycles. The van der Waals surface area contributed by atoms with Crippen LogP contribution in [0.15, 0.2) is 53.0 Å². The molecule has 0 radical (unpaired) electrons. The summed E-state index contributed by atoms with van der Waals surface area (Å²) < 4.78 is 6.13. The first kappa shape index (κ1) is 18.0. The first-order valence-corrected chi connectivity index (χ1v) is 8.32. The molecule has 0 aromatic heterocycles. The summed E-state index contributed by atoms with van der Waals surface area (Å²) >= 11 is 3.33. The number of benzene rings is 2. The Morgan fingerprint density at radius 1 is 1.08 bits per heavy atom. The van der Waals surface area contributed by atoms with E-state index in [1.807, 2.05) is 36.4 Å². The molecule has 2 rings (SSSR count). The van der Waals surface area contributed by atoms with E-state index in [0.717, 1.165) is 15.8 Å². The predicted octanol–water partition coefficient (Wildman–Crippen LogP) is 3.15. The smallest absolute Gasteiger partial charge is 0.233 e. The van der Waals surface area contributed by atoms with Crippen LogP contribution >= 0.6 is 15.9 Å². The third-order valence-electron chi connectivity index (χ3n) is 3.34. The van der Waals surface area contributed by atoms with Crippen LogP contribution in [0.1, 0.15) is 12.0 Å². The minimum absolute atomic E-state index is 0.210. The molecule has 0 atom stereocenters. The number of halogens is 1. The lowest BCUT2D eigenvalue weighted by molar-refractivity contribution is -0.126. The fourth-order valence-electron chi connectivity index (χ4n) is 2.23. The van der Waals surface area contributed by atoms with Gasteiger partial charge in [-0.15, -0.1) is 0 Å². The molecule has 2 aromatic carbocycles. The zero-order chi connectivity index (χ0) is 17.4. The summed E-state index contributed by atoms with van der Waals surface area (Å²) in [5.41, 5.74) is 1.66. The standard InChI is InChI=1S/C18H19BrN2O3/c1-24-16-8-3-2-5-13(16)9-10-20-17(22)12-18(23)21-15-7-4-6-14(19)11-15/h2-8,11H,9-10,12H2,1H3,(H,20,22)(H,21,23). The van der Waals surface area contributed by atoms with Gasteiger partial charge in [0.15, 0.2) is 0 Å². The van der Waals surface area contributed by atoms with Crippen LogP contribution in [0.3, 0.4) is 0 Å². The first-order valence-electron chi connectivity index (χ1n) is 7.52. The van der Waals surface area contributed by atoms with E-state index in [-0.39, 0.29) is 18.2 Å². The molecule has 126 valence electrons. The number of nitrogens with one attached hydrogen (secondary N) is 2. The molecule has 0 saturated carbocycles. The molecule has 0 fully saturated rings. The van der Waals surface area contributed by atoms with Crippen LogP contribution in [0.5, 0.6) is 5.75 Å². The lowest BCUT2D eigenvalue weighted by Gasteiger charge is -2.09. The Labute approximate surface area is 149 Å². The van der Waals surface area contributed by atoms with Gasteiger partial charge in [0, 0.05) is 16.7 Å². The van der Waals surface area contributed by atoms with E-state index in [9.17, 15) is 9.59 Å². The Morgan fingerprint density at radius 3 is 2.62 bits per heavy atom. The molecule has 0 aliphatic carbocycles. The highest BCUT2D eigenvalue weighted by molar-refractivity contribution is 9.10. The number of para-hydroxylation sites is 1. The minimum atomic E-state index is -0.345. The SMILES string of the molecule is COc1ccccc1CCNC(=O)CC(=O)Nc1cccc(Br)c1. The van der Waals surface area contributed by atoms with Crippen LogP contribution < -0.4 is 15.4 Å². The third-order valence-corrected chi connectivity index (χ3v) is 3.83. The topological polar surface area (TPSA) is 67.4 Å². The molecule has 6 heteroatoms. The molecule has 5 nitrogen and oxygen atoms in total. The van der Waals surface area contributed by atoms with E-state index in [4.69, 9.17) is 4.74 Å². The fraction of sp³-hybridized carbons (Fsp3) is 0.222. The van der Waals surface area contributed by atoms with Gasteiger partial charge < -0.3 is 15.4 Å². The molecule has 0 spiro atoms. The van der Waals surface area contributed by atoms with Gasteiger partial charge in [0.25, 0.3) is 0 Å². The summed E-state index contributed by atoms with van der Waals surface area (Å²) in [5, 5.41) is 5.44. The van der Waals surface area contributed by atoms with Crippen molar-refractivity contribution in [3.05, 3.63) is 58.6 Å². The second-order valence-corrected chi connectivity index (χ2v) is 6.06. The average molecular weight is 391 g/mol. The molecule has 0 aliphatic rings. The zero-order valence-electron chi connectivity index (χ0n) is 13.3. The Hall–Kier alpha value is -2.34. The van der Waals surface area contributed by atoms with Crippen LogP contribution in [0.4, 0.5) is 5.69 Å². The molecular formula is C18H19BrN2O3. The van der Waals surface area contributed by atoms with Gasteiger partial charge in [-0.2, -0.15) is 0 Å². The highest BCUT2D eigenvalue weighted by atomic mass is 79.9. The Morgan fingerprint density at radius 2 is 1.88 bits per heavy atom. The average Bonchev–Trinajstić information content (AvgIpc) is 2.55. The van der Waals surface area contributed by atoms with Gasteiger partial charge in [0.05, 0.1) is 7.11 Å². The molecule has 0 heterocycles. The van der Waals surface area contributed by atoms with Crippen molar-refractivity contribution in [1.82, 2.24) is 5.32 Å². The van der Waals surface area contributed by atoms with Gasteiger partial charge in [0.2, 0.25) is 11.8 Å². The number of methoxy groups -OCH3 is 1. The number of hydrogen-bond donors (Lipinski definition) is 2. The van der Waals surface area contributed by atoms with E-state index in [1.165, 1.54) is 0 Å². The van der Waals surface area contributed by atoms with Crippen LogP contribution in [-0.2, 0) is 16.0 Å². The molecule has 0 aliphatic heterocycles. The Bertz CT molecular complexity index is 719. The summed E-state index contributed by atoms with van der Waals surface area (Å²) in [7, 11) is 1.61. The normalized spacial score (nSPS) is 10.1. The molecule has 2 aromatic rings. The number of hydrogen-bond acceptors (Lipinski definition) is 3. The first-order chi connectivity index (χ1) is 11.6. The number of carbonyl (C=O) groups excluding carboxylic acids is 2. The predicted molar refractivity (Wildman–Crippen MR) is 97.1 cm³/mol. The summed E-state index contributed by atoms with van der Waals surface area (Å²) in [6.45, 7) is 0.448. The van der Waals surface area contributed by atoms with Crippen molar-refractivity contribution in [1.29, 1.82) is 0 Å². The van der Waals surface area contributed by atoms with Gasteiger partial charge in [-0.3, -0.25) is 9.59 Å². The van der Waals surface area contributed by atoms with Crippen LogP contribution in [0.25, 0.3) is 0 Å². The second kappa shape index (κ2) is 9.08. The number of anilines is 1. The largest absolute Gasteiger partial charge is 0.496 e. The number of rotatable bonds is 7. The highest BCUT2D eigenvalue weighted by Crippen LogP contribution is 2.17. The van der Waals surface area contributed by atoms with Crippen molar-refractivity contribution in [2.45, 2.75) is 12.8 Å². The van der Waals surface area contributed by atoms with E-state index in [0.29, 0.717) is 18.7 Å². The minimum Gasteiger partial charge on any atom is -0.496 e. The molecular weight excluding hydrogens is 372 g/mol. The van der Waals surface area contributed by atoms with E-state index in [1.54, 1.807) is 19.2 Å². The Balaban J connectivity index is 1.75. The van der Waals surface area contributed by atoms with Gasteiger partial charge in [-0.25, -0.2) is 0 Å². The quantitative estimate of drug-likeness (QED) is 0.713. The van der Waals surface area contributed by atoms with Gasteiger partial charge in [-0.1, -0.05) is 40.2 Å². The van der Waals surface area contributed by atoms with Crippen molar-refractivity contribution < 1.29 is 14.3 Å². The lowest BCUT2D eigenvalue weighted by Crippen LogP contribution is -2.29. The van der Waals surface area contributed by atoms with Crippen molar-refractivity contribution >= 4 is 33.4 Å². The summed E-state index contributed by atoms with van der Waals surface area (Å²) in [4.78, 5) is 23.7. The number of carbonyl (C=O) groups is 2. The van der Waals surface area contributed by atoms with Crippen molar-refractivity contribution in [2.75, 3.05) is 19.0 Å². The summed E-state index contributed by atoms with van der Waals surface area (Å²) in [6, 6.07) is 14.9. The number of ether oxygens (including phenoxy) is 1. The van der Waals surface area contributed by atoms with E-state index in [2.05, 4.69) is 26.6 Å². The highest BCUT2D eigenvalue weighted by Gasteiger charge is 2.10. The maximum atomic E-state index is 11.9. The van der Waals surface area contributed by atoms with Gasteiger partial charge in [-0.05, 0) is 36.2 Å². The maximum absolute atomic E-state index is 11.9. The van der Waals surface area contributed by atoms with Crippen molar-refractivity contribution in [2.24, 2.45) is 0 Å². The molecule has 2 N–H and O–H groups in total. The summed E-state index contributed by atoms with van der Waals surface area (Å²) in [6.07, 6.45) is 0.432. The zero-order valence-corrected chi connectivity index (χ0v) is 14.9. The molecule has 2 amide bonds. The molecule has 24 heavy (non-hydrogen) atoms. The van der Waals surface area contributed by atoms with Gasteiger partial charge >= 0.3 is 0 Å². The second-order valence-electron chi connectivity index (χ2n) is 5.15. The van der Waals surface area contributed by atoms with Crippen molar-refractivity contribution in [3.63, 3.8) is 0 Å². The maximum Gasteiger partial charge on any atom is 0.233 e. The van der Waals surface area contributed by atoms with Crippen LogP contribution in [0, 0.1) is 0 Å². The molecule has 0 unspecified atom stereocenters. The Kier molecular flexibility index (Phi) is 6.81. The lowest BCUT2D eigenvalue weighted by atomic mass is 10.1. The number of amides is 2.